The van der Waals surface area contributed by atoms with Gasteiger partial charge in [0.05, 0.1) is 0 Å². The SMILES string of the molecule is CCCC(C)N(C)C1CC(C(C)C)CCC1NCC. The van der Waals surface area contributed by atoms with Crippen LogP contribution in [-0.4, -0.2) is 36.6 Å². The molecule has 1 rings (SSSR count). The van der Waals surface area contributed by atoms with Crippen molar-refractivity contribution in [1.82, 2.24) is 10.2 Å². The number of nitrogens with zero attached hydrogens (tertiary/aromatic N) is 1. The Morgan fingerprint density at radius 2 is 1.84 bits per heavy atom. The van der Waals surface area contributed by atoms with Crippen LogP contribution in [0.15, 0.2) is 0 Å². The number of likely N-dealkylation sites (N-methyl/N-ethyl adjacent to an activating group) is 2. The van der Waals surface area contributed by atoms with Gasteiger partial charge in [0.25, 0.3) is 0 Å². The van der Waals surface area contributed by atoms with Gasteiger partial charge in [-0.25, -0.2) is 0 Å². The van der Waals surface area contributed by atoms with Gasteiger partial charge in [-0.15, -0.1) is 0 Å². The molecule has 0 aromatic heterocycles. The van der Waals surface area contributed by atoms with Crippen molar-refractivity contribution in [1.29, 1.82) is 0 Å². The largest absolute Gasteiger partial charge is 0.313 e. The van der Waals surface area contributed by atoms with Crippen LogP contribution in [0.2, 0.25) is 0 Å². The number of nitrogens with one attached hydrogen (secondary N) is 1. The first-order chi connectivity index (χ1) is 9.01. The first-order valence-corrected chi connectivity index (χ1v) is 8.46. The summed E-state index contributed by atoms with van der Waals surface area (Å²) >= 11 is 0. The van der Waals surface area contributed by atoms with Crippen molar-refractivity contribution in [3.8, 4) is 0 Å². The van der Waals surface area contributed by atoms with E-state index in [1.54, 1.807) is 0 Å². The Labute approximate surface area is 121 Å². The lowest BCUT2D eigenvalue weighted by atomic mass is 9.76. The lowest BCUT2D eigenvalue weighted by Gasteiger charge is -2.45. The zero-order valence-corrected chi connectivity index (χ0v) is 14.1. The molecule has 1 N–H and O–H groups in total. The molecule has 0 saturated heterocycles. The molecule has 2 nitrogen and oxygen atoms in total. The second-order valence-corrected chi connectivity index (χ2v) is 6.85. The molecule has 0 bridgehead atoms. The monoisotopic (exact) mass is 268 g/mol. The minimum atomic E-state index is 0.698. The molecule has 0 radical (unpaired) electrons. The quantitative estimate of drug-likeness (QED) is 0.753. The van der Waals surface area contributed by atoms with E-state index in [2.05, 4.69) is 51.9 Å². The third-order valence-corrected chi connectivity index (χ3v) is 5.19. The van der Waals surface area contributed by atoms with Gasteiger partial charge in [-0.05, 0) is 58.0 Å². The standard InChI is InChI=1S/C17H36N2/c1-7-9-14(5)19(6)17-12-15(13(3)4)10-11-16(17)18-8-2/h13-18H,7-12H2,1-6H3. The second-order valence-electron chi connectivity index (χ2n) is 6.85. The molecular weight excluding hydrogens is 232 g/mol. The summed E-state index contributed by atoms with van der Waals surface area (Å²) in [5, 5.41) is 3.73. The van der Waals surface area contributed by atoms with E-state index in [0.717, 1.165) is 24.4 Å². The van der Waals surface area contributed by atoms with Gasteiger partial charge in [0.2, 0.25) is 0 Å². The third-order valence-electron chi connectivity index (χ3n) is 5.19. The fourth-order valence-corrected chi connectivity index (χ4v) is 3.68. The van der Waals surface area contributed by atoms with E-state index >= 15 is 0 Å². The predicted octanol–water partition coefficient (Wildman–Crippen LogP) is 3.91. The molecule has 4 atom stereocenters. The Morgan fingerprint density at radius 1 is 1.16 bits per heavy atom. The minimum Gasteiger partial charge on any atom is -0.313 e. The van der Waals surface area contributed by atoms with Crippen molar-refractivity contribution in [3.05, 3.63) is 0 Å². The summed E-state index contributed by atoms with van der Waals surface area (Å²) in [5.41, 5.74) is 0. The Kier molecular flexibility index (Phi) is 7.38. The Hall–Kier alpha value is -0.0800. The summed E-state index contributed by atoms with van der Waals surface area (Å²) in [7, 11) is 2.35. The van der Waals surface area contributed by atoms with Crippen LogP contribution in [0.3, 0.4) is 0 Å². The van der Waals surface area contributed by atoms with Crippen LogP contribution in [0.1, 0.15) is 66.7 Å². The molecule has 114 valence electrons. The van der Waals surface area contributed by atoms with Gasteiger partial charge in [0.1, 0.15) is 0 Å². The third kappa shape index (κ3) is 4.75. The van der Waals surface area contributed by atoms with E-state index in [4.69, 9.17) is 0 Å². The van der Waals surface area contributed by atoms with Crippen LogP contribution >= 0.6 is 0 Å². The van der Waals surface area contributed by atoms with Crippen molar-refractivity contribution in [2.45, 2.75) is 84.8 Å². The van der Waals surface area contributed by atoms with Crippen molar-refractivity contribution in [2.75, 3.05) is 13.6 Å². The lowest BCUT2D eigenvalue weighted by molar-refractivity contribution is 0.0742. The topological polar surface area (TPSA) is 15.3 Å². The van der Waals surface area contributed by atoms with Gasteiger partial charge >= 0.3 is 0 Å². The van der Waals surface area contributed by atoms with Crippen molar-refractivity contribution in [2.24, 2.45) is 11.8 Å². The number of hydrogen-bond acceptors (Lipinski definition) is 2. The summed E-state index contributed by atoms with van der Waals surface area (Å²) in [6.07, 6.45) is 6.74. The van der Waals surface area contributed by atoms with Crippen LogP contribution in [0.4, 0.5) is 0 Å². The Balaban J connectivity index is 2.69. The van der Waals surface area contributed by atoms with Gasteiger partial charge in [0.15, 0.2) is 0 Å². The van der Waals surface area contributed by atoms with Gasteiger partial charge in [-0.3, -0.25) is 4.90 Å². The molecule has 0 aromatic rings. The smallest absolute Gasteiger partial charge is 0.0251 e. The molecule has 1 saturated carbocycles. The number of rotatable bonds is 7. The maximum Gasteiger partial charge on any atom is 0.0251 e. The first kappa shape index (κ1) is 17.0. The van der Waals surface area contributed by atoms with Crippen molar-refractivity contribution < 1.29 is 0 Å². The fourth-order valence-electron chi connectivity index (χ4n) is 3.68. The average Bonchev–Trinajstić information content (AvgIpc) is 2.38. The maximum atomic E-state index is 3.73. The van der Waals surface area contributed by atoms with Crippen LogP contribution in [-0.2, 0) is 0 Å². The maximum absolute atomic E-state index is 3.73. The minimum absolute atomic E-state index is 0.698. The van der Waals surface area contributed by atoms with Gasteiger partial charge in [0, 0.05) is 18.1 Å². The molecule has 4 unspecified atom stereocenters. The molecule has 0 spiro atoms. The summed E-state index contributed by atoms with van der Waals surface area (Å²) < 4.78 is 0. The van der Waals surface area contributed by atoms with E-state index in [-0.39, 0.29) is 0 Å². The molecule has 1 fully saturated rings. The van der Waals surface area contributed by atoms with Crippen molar-refractivity contribution >= 4 is 0 Å². The Morgan fingerprint density at radius 3 is 2.37 bits per heavy atom. The predicted molar refractivity (Wildman–Crippen MR) is 85.6 cm³/mol. The van der Waals surface area contributed by atoms with Gasteiger partial charge < -0.3 is 5.32 Å². The average molecular weight is 268 g/mol. The molecule has 1 aliphatic rings. The molecule has 0 aromatic carbocycles. The van der Waals surface area contributed by atoms with Gasteiger partial charge in [-0.2, -0.15) is 0 Å². The first-order valence-electron chi connectivity index (χ1n) is 8.46. The summed E-state index contributed by atoms with van der Waals surface area (Å²) in [5.74, 6) is 1.75. The highest BCUT2D eigenvalue weighted by atomic mass is 15.2. The summed E-state index contributed by atoms with van der Waals surface area (Å²) in [6, 6.07) is 2.13. The molecule has 2 heteroatoms. The van der Waals surface area contributed by atoms with Crippen LogP contribution < -0.4 is 5.32 Å². The van der Waals surface area contributed by atoms with E-state index in [9.17, 15) is 0 Å². The van der Waals surface area contributed by atoms with E-state index < -0.39 is 0 Å². The molecular formula is C17H36N2. The zero-order valence-electron chi connectivity index (χ0n) is 14.1. The normalized spacial score (nSPS) is 30.0. The summed E-state index contributed by atoms with van der Waals surface area (Å²) in [4.78, 5) is 2.66. The van der Waals surface area contributed by atoms with E-state index in [1.807, 2.05) is 0 Å². The fraction of sp³-hybridized carbons (Fsp3) is 1.00. The Bertz CT molecular complexity index is 239. The highest BCUT2D eigenvalue weighted by Gasteiger charge is 2.34. The molecule has 0 amide bonds. The number of hydrogen-bond donors (Lipinski definition) is 1. The van der Waals surface area contributed by atoms with E-state index in [1.165, 1.54) is 32.1 Å². The van der Waals surface area contributed by atoms with Crippen molar-refractivity contribution in [3.63, 3.8) is 0 Å². The van der Waals surface area contributed by atoms with Crippen LogP contribution in [0.5, 0.6) is 0 Å². The molecule has 19 heavy (non-hydrogen) atoms. The van der Waals surface area contributed by atoms with E-state index in [0.29, 0.717) is 12.1 Å². The summed E-state index contributed by atoms with van der Waals surface area (Å²) in [6.45, 7) is 12.8. The highest BCUT2D eigenvalue weighted by Crippen LogP contribution is 2.33. The second kappa shape index (κ2) is 8.26. The van der Waals surface area contributed by atoms with Gasteiger partial charge in [-0.1, -0.05) is 34.1 Å². The van der Waals surface area contributed by atoms with Crippen LogP contribution in [0, 0.1) is 11.8 Å². The molecule has 0 aliphatic heterocycles. The zero-order chi connectivity index (χ0) is 14.4. The molecule has 0 heterocycles. The molecule has 1 aliphatic carbocycles. The lowest BCUT2D eigenvalue weighted by Crippen LogP contribution is -2.54. The highest BCUT2D eigenvalue weighted by molar-refractivity contribution is 4.92. The van der Waals surface area contributed by atoms with Crippen LogP contribution in [0.25, 0.3) is 0 Å².